The summed E-state index contributed by atoms with van der Waals surface area (Å²) in [6.07, 6.45) is 0.273. The normalized spacial score (nSPS) is 10.7. The molecule has 0 spiro atoms. The molecule has 0 saturated carbocycles. The molecule has 0 bridgehead atoms. The first kappa shape index (κ1) is 14.6. The van der Waals surface area contributed by atoms with Gasteiger partial charge in [-0.25, -0.2) is 0 Å². The van der Waals surface area contributed by atoms with Crippen LogP contribution in [0.15, 0.2) is 24.3 Å². The maximum atomic E-state index is 12.4. The highest BCUT2D eigenvalue weighted by atomic mass is 35.5. The van der Waals surface area contributed by atoms with E-state index in [9.17, 15) is 4.79 Å². The van der Waals surface area contributed by atoms with E-state index in [-0.39, 0.29) is 12.2 Å². The molecule has 1 heterocycles. The minimum Gasteiger partial charge on any atom is -0.378 e. The Kier molecular flexibility index (Phi) is 4.14. The number of rotatable bonds is 4. The number of carbonyl (C=O) groups excluding carboxylic acids is 1. The van der Waals surface area contributed by atoms with Crippen LogP contribution in [0.5, 0.6) is 0 Å². The van der Waals surface area contributed by atoms with Gasteiger partial charge in [0.25, 0.3) is 0 Å². The van der Waals surface area contributed by atoms with Crippen molar-refractivity contribution in [1.29, 1.82) is 0 Å². The molecule has 0 radical (unpaired) electrons. The molecule has 0 aliphatic carbocycles. The molecule has 106 valence electrons. The molecule has 0 fully saturated rings. The Morgan fingerprint density at radius 1 is 1.40 bits per heavy atom. The van der Waals surface area contributed by atoms with Crippen LogP contribution in [-0.2, 0) is 13.5 Å². The third kappa shape index (κ3) is 2.85. The molecule has 2 rings (SSSR count). The molecule has 0 saturated heterocycles. The van der Waals surface area contributed by atoms with E-state index in [0.717, 1.165) is 16.9 Å². The molecule has 0 amide bonds. The second-order valence-electron chi connectivity index (χ2n) is 5.02. The summed E-state index contributed by atoms with van der Waals surface area (Å²) in [4.78, 5) is 14.4. The Morgan fingerprint density at radius 3 is 2.65 bits per heavy atom. The van der Waals surface area contributed by atoms with Crippen LogP contribution in [-0.4, -0.2) is 29.7 Å². The van der Waals surface area contributed by atoms with Crippen LogP contribution in [0.1, 0.15) is 21.6 Å². The maximum absolute atomic E-state index is 12.4. The molecule has 0 atom stereocenters. The van der Waals surface area contributed by atoms with E-state index in [2.05, 4.69) is 5.10 Å². The second-order valence-corrected chi connectivity index (χ2v) is 5.38. The van der Waals surface area contributed by atoms with Crippen molar-refractivity contribution in [1.82, 2.24) is 9.78 Å². The quantitative estimate of drug-likeness (QED) is 0.813. The van der Waals surface area contributed by atoms with Gasteiger partial charge in [-0.1, -0.05) is 23.7 Å². The van der Waals surface area contributed by atoms with Gasteiger partial charge in [0.1, 0.15) is 5.15 Å². The van der Waals surface area contributed by atoms with Crippen molar-refractivity contribution in [3.05, 3.63) is 46.2 Å². The van der Waals surface area contributed by atoms with E-state index >= 15 is 0 Å². The van der Waals surface area contributed by atoms with Crippen molar-refractivity contribution >= 4 is 23.1 Å². The van der Waals surface area contributed by atoms with Gasteiger partial charge in [0.15, 0.2) is 5.78 Å². The molecule has 1 aromatic carbocycles. The van der Waals surface area contributed by atoms with Crippen LogP contribution < -0.4 is 4.90 Å². The Bertz CT molecular complexity index is 647. The second kappa shape index (κ2) is 5.67. The van der Waals surface area contributed by atoms with Crippen LogP contribution in [0.4, 0.5) is 5.69 Å². The lowest BCUT2D eigenvalue weighted by Crippen LogP contribution is -2.10. The van der Waals surface area contributed by atoms with Gasteiger partial charge >= 0.3 is 0 Å². The predicted molar refractivity (Wildman–Crippen MR) is 81.8 cm³/mol. The molecule has 0 N–H and O–H groups in total. The fraction of sp³-hybridized carbons (Fsp3) is 0.333. The molecule has 20 heavy (non-hydrogen) atoms. The monoisotopic (exact) mass is 291 g/mol. The van der Waals surface area contributed by atoms with Crippen molar-refractivity contribution in [3.63, 3.8) is 0 Å². The van der Waals surface area contributed by atoms with Crippen molar-refractivity contribution < 1.29 is 4.79 Å². The van der Waals surface area contributed by atoms with E-state index in [1.807, 2.05) is 50.2 Å². The summed E-state index contributed by atoms with van der Waals surface area (Å²) in [6, 6.07) is 7.58. The number of ketones is 1. The third-order valence-corrected chi connectivity index (χ3v) is 3.76. The van der Waals surface area contributed by atoms with Crippen LogP contribution in [0, 0.1) is 6.92 Å². The zero-order valence-electron chi connectivity index (χ0n) is 12.1. The predicted octanol–water partition coefficient (Wildman–Crippen LogP) is 2.87. The number of hydrogen-bond donors (Lipinski definition) is 0. The molecule has 0 unspecified atom stereocenters. The number of aromatic nitrogens is 2. The van der Waals surface area contributed by atoms with Crippen LogP contribution in [0.3, 0.4) is 0 Å². The van der Waals surface area contributed by atoms with Gasteiger partial charge in [-0.2, -0.15) is 5.10 Å². The van der Waals surface area contributed by atoms with Crippen molar-refractivity contribution in [2.24, 2.45) is 7.05 Å². The average molecular weight is 292 g/mol. The van der Waals surface area contributed by atoms with Gasteiger partial charge < -0.3 is 4.90 Å². The summed E-state index contributed by atoms with van der Waals surface area (Å²) in [5, 5.41) is 4.75. The number of carbonyl (C=O) groups is 1. The van der Waals surface area contributed by atoms with E-state index in [4.69, 9.17) is 11.6 Å². The van der Waals surface area contributed by atoms with E-state index in [0.29, 0.717) is 10.7 Å². The van der Waals surface area contributed by atoms with E-state index in [1.165, 1.54) is 0 Å². The lowest BCUT2D eigenvalue weighted by atomic mass is 10.0. The maximum Gasteiger partial charge on any atom is 0.167 e. The molecular formula is C15H18ClN3O. The lowest BCUT2D eigenvalue weighted by Gasteiger charge is -2.13. The van der Waals surface area contributed by atoms with Crippen LogP contribution >= 0.6 is 11.6 Å². The summed E-state index contributed by atoms with van der Waals surface area (Å²) >= 11 is 6.17. The number of halogens is 1. The van der Waals surface area contributed by atoms with Gasteiger partial charge in [0, 0.05) is 44.4 Å². The van der Waals surface area contributed by atoms with E-state index in [1.54, 1.807) is 11.7 Å². The van der Waals surface area contributed by atoms with Gasteiger partial charge in [-0.3, -0.25) is 9.48 Å². The molecule has 5 heteroatoms. The fourth-order valence-corrected chi connectivity index (χ4v) is 2.34. The summed E-state index contributed by atoms with van der Waals surface area (Å²) in [5.74, 6) is 0.0479. The first-order valence-electron chi connectivity index (χ1n) is 6.38. The third-order valence-electron chi connectivity index (χ3n) is 3.29. The van der Waals surface area contributed by atoms with Crippen molar-refractivity contribution in [3.8, 4) is 0 Å². The van der Waals surface area contributed by atoms with E-state index < -0.39 is 0 Å². The number of hydrogen-bond acceptors (Lipinski definition) is 3. The number of aryl methyl sites for hydroxylation is 2. The first-order chi connectivity index (χ1) is 9.40. The van der Waals surface area contributed by atoms with Gasteiger partial charge in [0.2, 0.25) is 0 Å². The number of nitrogens with zero attached hydrogens (tertiary/aromatic N) is 3. The van der Waals surface area contributed by atoms with Gasteiger partial charge in [-0.15, -0.1) is 0 Å². The molecule has 0 aliphatic rings. The SMILES string of the molecule is Cc1nn(C)c(Cl)c1CC(=O)c1cccc(N(C)C)c1. The average Bonchev–Trinajstić information content (AvgIpc) is 2.65. The summed E-state index contributed by atoms with van der Waals surface area (Å²) in [7, 11) is 5.67. The number of benzene rings is 1. The minimum absolute atomic E-state index is 0.0479. The summed E-state index contributed by atoms with van der Waals surface area (Å²) < 4.78 is 1.59. The molecular weight excluding hydrogens is 274 g/mol. The number of anilines is 1. The largest absolute Gasteiger partial charge is 0.378 e. The summed E-state index contributed by atoms with van der Waals surface area (Å²) in [6.45, 7) is 1.87. The number of Topliss-reactive ketones (excluding diaryl/α,β-unsaturated/α-hetero) is 1. The van der Waals surface area contributed by atoms with Crippen LogP contribution in [0.2, 0.25) is 5.15 Å². The highest BCUT2D eigenvalue weighted by molar-refractivity contribution is 6.30. The molecule has 4 nitrogen and oxygen atoms in total. The fourth-order valence-electron chi connectivity index (χ4n) is 2.09. The standard InChI is InChI=1S/C15H18ClN3O/c1-10-13(15(16)19(4)17-10)9-14(20)11-6-5-7-12(8-11)18(2)3/h5-8H,9H2,1-4H3. The minimum atomic E-state index is 0.0479. The molecule has 0 aliphatic heterocycles. The molecule has 1 aromatic heterocycles. The Hall–Kier alpha value is -1.81. The zero-order chi connectivity index (χ0) is 14.9. The highest BCUT2D eigenvalue weighted by Crippen LogP contribution is 2.22. The Labute approximate surface area is 124 Å². The zero-order valence-corrected chi connectivity index (χ0v) is 12.9. The van der Waals surface area contributed by atoms with Crippen molar-refractivity contribution in [2.75, 3.05) is 19.0 Å². The molecule has 2 aromatic rings. The highest BCUT2D eigenvalue weighted by Gasteiger charge is 2.16. The van der Waals surface area contributed by atoms with Gasteiger partial charge in [0.05, 0.1) is 5.69 Å². The lowest BCUT2D eigenvalue weighted by molar-refractivity contribution is 0.0993. The van der Waals surface area contributed by atoms with Crippen molar-refractivity contribution in [2.45, 2.75) is 13.3 Å². The summed E-state index contributed by atoms with van der Waals surface area (Å²) in [5.41, 5.74) is 3.30. The Balaban J connectivity index is 2.26. The first-order valence-corrected chi connectivity index (χ1v) is 6.76. The Morgan fingerprint density at radius 2 is 2.10 bits per heavy atom. The smallest absolute Gasteiger partial charge is 0.167 e. The van der Waals surface area contributed by atoms with Crippen LogP contribution in [0.25, 0.3) is 0 Å². The topological polar surface area (TPSA) is 38.1 Å². The van der Waals surface area contributed by atoms with Gasteiger partial charge in [-0.05, 0) is 19.1 Å².